The van der Waals surface area contributed by atoms with Crippen LogP contribution in [-0.4, -0.2) is 22.8 Å². The fourth-order valence-electron chi connectivity index (χ4n) is 3.70. The first-order valence-corrected chi connectivity index (χ1v) is 9.85. The van der Waals surface area contributed by atoms with Crippen molar-refractivity contribution < 1.29 is 4.79 Å². The topological polar surface area (TPSA) is 83.3 Å². The van der Waals surface area contributed by atoms with Crippen molar-refractivity contribution in [1.29, 1.82) is 0 Å². The molecular weight excluding hydrogens is 374 g/mol. The van der Waals surface area contributed by atoms with Crippen LogP contribution in [0.15, 0.2) is 72.7 Å². The lowest BCUT2D eigenvalue weighted by atomic mass is 10.0. The van der Waals surface area contributed by atoms with Crippen LogP contribution in [0.4, 0.5) is 17.1 Å². The van der Waals surface area contributed by atoms with Crippen molar-refractivity contribution in [1.82, 2.24) is 9.88 Å². The largest absolute Gasteiger partial charge is 0.399 e. The van der Waals surface area contributed by atoms with Gasteiger partial charge in [0.15, 0.2) is 0 Å². The van der Waals surface area contributed by atoms with Crippen LogP contribution < -0.4 is 16.4 Å². The summed E-state index contributed by atoms with van der Waals surface area (Å²) in [5.74, 6) is -0.116. The second kappa shape index (κ2) is 8.39. The summed E-state index contributed by atoms with van der Waals surface area (Å²) in [4.78, 5) is 18.8. The summed E-state index contributed by atoms with van der Waals surface area (Å²) in [6, 6.07) is 17.8. The van der Waals surface area contributed by atoms with Gasteiger partial charge in [0.25, 0.3) is 5.91 Å². The summed E-state index contributed by atoms with van der Waals surface area (Å²) in [5, 5.41) is 6.24. The van der Waals surface area contributed by atoms with Crippen LogP contribution in [0.1, 0.15) is 23.6 Å². The molecule has 0 spiro atoms. The van der Waals surface area contributed by atoms with Gasteiger partial charge in [0.1, 0.15) is 0 Å². The van der Waals surface area contributed by atoms with Gasteiger partial charge in [0.05, 0.1) is 5.57 Å². The van der Waals surface area contributed by atoms with E-state index in [0.717, 1.165) is 35.7 Å². The van der Waals surface area contributed by atoms with Gasteiger partial charge in [-0.25, -0.2) is 0 Å². The number of nitrogens with two attached hydrogens (primary N) is 1. The molecule has 30 heavy (non-hydrogen) atoms. The third-order valence-corrected chi connectivity index (χ3v) is 5.10. The molecule has 4 rings (SSSR count). The molecule has 6 heteroatoms. The molecule has 0 saturated heterocycles. The van der Waals surface area contributed by atoms with Crippen LogP contribution in [0.3, 0.4) is 0 Å². The Labute approximate surface area is 176 Å². The van der Waals surface area contributed by atoms with E-state index in [0.29, 0.717) is 11.3 Å². The summed E-state index contributed by atoms with van der Waals surface area (Å²) in [6.45, 7) is 3.62. The van der Waals surface area contributed by atoms with Gasteiger partial charge >= 0.3 is 0 Å². The SMILES string of the molecule is CC(Nc1ccc(CN(C)Cc2ccncc2)cc1)=C1C(=O)Nc2ccc(N)cc21. The van der Waals surface area contributed by atoms with Crippen LogP contribution in [-0.2, 0) is 17.9 Å². The second-order valence-corrected chi connectivity index (χ2v) is 7.61. The van der Waals surface area contributed by atoms with Gasteiger partial charge in [-0.05, 0) is 67.6 Å². The lowest BCUT2D eigenvalue weighted by molar-refractivity contribution is -0.110. The van der Waals surface area contributed by atoms with Crippen LogP contribution in [0, 0.1) is 0 Å². The first-order valence-electron chi connectivity index (χ1n) is 9.85. The number of carbonyl (C=O) groups is 1. The minimum atomic E-state index is -0.116. The molecule has 0 aliphatic carbocycles. The van der Waals surface area contributed by atoms with E-state index < -0.39 is 0 Å². The highest BCUT2D eigenvalue weighted by atomic mass is 16.2. The first-order chi connectivity index (χ1) is 14.5. The van der Waals surface area contributed by atoms with E-state index in [-0.39, 0.29) is 5.91 Å². The number of carbonyl (C=O) groups excluding carboxylic acids is 1. The first kappa shape index (κ1) is 19.7. The highest BCUT2D eigenvalue weighted by Gasteiger charge is 2.26. The Morgan fingerprint density at radius 2 is 1.70 bits per heavy atom. The van der Waals surface area contributed by atoms with Crippen molar-refractivity contribution >= 4 is 28.5 Å². The van der Waals surface area contributed by atoms with Gasteiger partial charge in [-0.15, -0.1) is 0 Å². The summed E-state index contributed by atoms with van der Waals surface area (Å²) in [5.41, 5.74) is 13.0. The predicted octanol–water partition coefficient (Wildman–Crippen LogP) is 4.09. The number of nitrogens with one attached hydrogen (secondary N) is 2. The molecule has 152 valence electrons. The third-order valence-electron chi connectivity index (χ3n) is 5.10. The van der Waals surface area contributed by atoms with Crippen molar-refractivity contribution in [3.05, 3.63) is 89.4 Å². The molecule has 0 atom stereocenters. The fraction of sp³-hybridized carbons (Fsp3) is 0.167. The molecule has 1 aromatic heterocycles. The highest BCUT2D eigenvalue weighted by Crippen LogP contribution is 2.35. The zero-order valence-electron chi connectivity index (χ0n) is 17.1. The predicted molar refractivity (Wildman–Crippen MR) is 122 cm³/mol. The molecule has 0 saturated carbocycles. The Morgan fingerprint density at radius 3 is 2.40 bits per heavy atom. The minimum Gasteiger partial charge on any atom is -0.399 e. The maximum Gasteiger partial charge on any atom is 0.258 e. The fourth-order valence-corrected chi connectivity index (χ4v) is 3.70. The lowest BCUT2D eigenvalue weighted by Crippen LogP contribution is -2.17. The third kappa shape index (κ3) is 4.34. The number of rotatable bonds is 6. The van der Waals surface area contributed by atoms with Gasteiger partial charge in [-0.2, -0.15) is 0 Å². The normalized spacial score (nSPS) is 14.4. The Morgan fingerprint density at radius 1 is 1.03 bits per heavy atom. The molecule has 3 aromatic rings. The van der Waals surface area contributed by atoms with E-state index in [2.05, 4.69) is 39.7 Å². The molecule has 1 aliphatic rings. The summed E-state index contributed by atoms with van der Waals surface area (Å²) in [6.07, 6.45) is 3.63. The van der Waals surface area contributed by atoms with Crippen molar-refractivity contribution in [2.24, 2.45) is 0 Å². The van der Waals surface area contributed by atoms with E-state index in [4.69, 9.17) is 5.73 Å². The van der Waals surface area contributed by atoms with Gasteiger partial charge < -0.3 is 16.4 Å². The maximum absolute atomic E-state index is 12.4. The number of hydrogen-bond acceptors (Lipinski definition) is 5. The summed E-state index contributed by atoms with van der Waals surface area (Å²) >= 11 is 0. The van der Waals surface area contributed by atoms with Crippen LogP contribution in [0.2, 0.25) is 0 Å². The number of pyridine rings is 1. The molecule has 4 N–H and O–H groups in total. The zero-order chi connectivity index (χ0) is 21.1. The number of nitrogen functional groups attached to an aromatic ring is 1. The van der Waals surface area contributed by atoms with Crippen molar-refractivity contribution in [3.8, 4) is 0 Å². The summed E-state index contributed by atoms with van der Waals surface area (Å²) < 4.78 is 0. The molecule has 0 bridgehead atoms. The van der Waals surface area contributed by atoms with Crippen LogP contribution in [0.5, 0.6) is 0 Å². The quantitative estimate of drug-likeness (QED) is 0.430. The highest BCUT2D eigenvalue weighted by molar-refractivity contribution is 6.32. The van der Waals surface area contributed by atoms with Gasteiger partial charge in [-0.1, -0.05) is 12.1 Å². The summed E-state index contributed by atoms with van der Waals surface area (Å²) in [7, 11) is 2.10. The van der Waals surface area contributed by atoms with Gasteiger partial charge in [0.2, 0.25) is 0 Å². The van der Waals surface area contributed by atoms with E-state index in [1.807, 2.05) is 55.7 Å². The molecule has 1 amide bonds. The van der Waals surface area contributed by atoms with Gasteiger partial charge in [0, 0.05) is 53.8 Å². The number of fused-ring (bicyclic) bond motifs is 1. The molecule has 1 aliphatic heterocycles. The van der Waals surface area contributed by atoms with E-state index in [9.17, 15) is 4.79 Å². The number of anilines is 3. The van der Waals surface area contributed by atoms with Crippen LogP contribution in [0.25, 0.3) is 5.57 Å². The number of amides is 1. The van der Waals surface area contributed by atoms with E-state index >= 15 is 0 Å². The van der Waals surface area contributed by atoms with Crippen molar-refractivity contribution in [2.45, 2.75) is 20.0 Å². The number of hydrogen-bond donors (Lipinski definition) is 3. The Hall–Kier alpha value is -3.64. The van der Waals surface area contributed by atoms with Gasteiger partial charge in [-0.3, -0.25) is 14.7 Å². The molecule has 2 aromatic carbocycles. The smallest absolute Gasteiger partial charge is 0.258 e. The number of aromatic nitrogens is 1. The average Bonchev–Trinajstić information content (AvgIpc) is 3.05. The number of benzene rings is 2. The molecule has 0 fully saturated rings. The lowest BCUT2D eigenvalue weighted by Gasteiger charge is -2.17. The number of allylic oxidation sites excluding steroid dienone is 1. The Bertz CT molecular complexity index is 1090. The van der Waals surface area contributed by atoms with E-state index in [1.165, 1.54) is 11.1 Å². The van der Waals surface area contributed by atoms with E-state index in [1.54, 1.807) is 6.07 Å². The standard InChI is InChI=1S/C24H25N5O/c1-16(23-21-13-19(25)5-8-22(21)28-24(23)30)27-20-6-3-17(4-7-20)14-29(2)15-18-9-11-26-12-10-18/h3-13,27H,14-15,25H2,1-2H3,(H,28,30). The minimum absolute atomic E-state index is 0.116. The molecular formula is C24H25N5O. The van der Waals surface area contributed by atoms with Crippen molar-refractivity contribution in [2.75, 3.05) is 23.4 Å². The molecule has 2 heterocycles. The monoisotopic (exact) mass is 399 g/mol. The second-order valence-electron chi connectivity index (χ2n) is 7.61. The Balaban J connectivity index is 1.44. The Kier molecular flexibility index (Phi) is 5.50. The maximum atomic E-state index is 12.4. The number of nitrogens with zero attached hydrogens (tertiary/aromatic N) is 2. The van der Waals surface area contributed by atoms with Crippen molar-refractivity contribution in [3.63, 3.8) is 0 Å². The van der Waals surface area contributed by atoms with Crippen LogP contribution >= 0.6 is 0 Å². The average molecular weight is 399 g/mol. The molecule has 0 unspecified atom stereocenters. The molecule has 6 nitrogen and oxygen atoms in total. The molecule has 0 radical (unpaired) electrons. The zero-order valence-corrected chi connectivity index (χ0v) is 17.1.